The van der Waals surface area contributed by atoms with E-state index < -0.39 is 23.9 Å². The second-order valence-corrected chi connectivity index (χ2v) is 6.13. The monoisotopic (exact) mass is 410 g/mol. The van der Waals surface area contributed by atoms with Crippen molar-refractivity contribution in [3.05, 3.63) is 59.2 Å². The van der Waals surface area contributed by atoms with Gasteiger partial charge in [-0.2, -0.15) is 5.26 Å². The van der Waals surface area contributed by atoms with Gasteiger partial charge in [0.2, 0.25) is 0 Å². The van der Waals surface area contributed by atoms with Gasteiger partial charge in [-0.1, -0.05) is 0 Å². The minimum Gasteiger partial charge on any atom is -0.481 e. The van der Waals surface area contributed by atoms with E-state index in [1.165, 1.54) is 25.1 Å². The first kappa shape index (κ1) is 22.4. The number of ether oxygens (including phenoxy) is 3. The Morgan fingerprint density at radius 3 is 1.97 bits per heavy atom. The van der Waals surface area contributed by atoms with E-state index in [4.69, 9.17) is 19.5 Å². The lowest BCUT2D eigenvalue weighted by atomic mass is 10.1. The third-order valence-corrected chi connectivity index (χ3v) is 3.89. The summed E-state index contributed by atoms with van der Waals surface area (Å²) in [5.41, 5.74) is 1.19. The van der Waals surface area contributed by atoms with Gasteiger partial charge in [0.25, 0.3) is 5.91 Å². The fraction of sp³-hybridized carbons (Fsp3) is 0.273. The van der Waals surface area contributed by atoms with Gasteiger partial charge in [0, 0.05) is 5.69 Å². The summed E-state index contributed by atoms with van der Waals surface area (Å²) in [5, 5.41) is 11.5. The van der Waals surface area contributed by atoms with E-state index in [0.29, 0.717) is 11.3 Å². The van der Waals surface area contributed by atoms with Crippen molar-refractivity contribution in [2.45, 2.75) is 26.9 Å². The predicted molar refractivity (Wildman–Crippen MR) is 108 cm³/mol. The molecule has 0 aromatic heterocycles. The lowest BCUT2D eigenvalue weighted by Gasteiger charge is -2.16. The van der Waals surface area contributed by atoms with E-state index in [-0.39, 0.29) is 30.1 Å². The zero-order valence-corrected chi connectivity index (χ0v) is 16.9. The van der Waals surface area contributed by atoms with Crippen molar-refractivity contribution < 1.29 is 28.6 Å². The molecule has 0 unspecified atom stereocenters. The molecule has 0 spiro atoms. The minimum absolute atomic E-state index is 0.108. The van der Waals surface area contributed by atoms with Crippen LogP contribution in [-0.2, 0) is 14.3 Å². The SMILES string of the molecule is CCOC(=O)c1cc(O[C@@H](C)C(=O)Nc2ccc(C#N)cc2)cc(C(=O)OCC)c1. The van der Waals surface area contributed by atoms with Crippen molar-refractivity contribution in [3.8, 4) is 11.8 Å². The van der Waals surface area contributed by atoms with Gasteiger partial charge in [-0.05, 0) is 63.2 Å². The minimum atomic E-state index is -0.937. The molecular weight excluding hydrogens is 388 g/mol. The van der Waals surface area contributed by atoms with Crippen LogP contribution in [0.5, 0.6) is 5.75 Å². The lowest BCUT2D eigenvalue weighted by molar-refractivity contribution is -0.122. The van der Waals surface area contributed by atoms with Crippen LogP contribution in [0.15, 0.2) is 42.5 Å². The van der Waals surface area contributed by atoms with E-state index in [0.717, 1.165) is 0 Å². The first-order valence-electron chi connectivity index (χ1n) is 9.35. The first-order chi connectivity index (χ1) is 14.4. The highest BCUT2D eigenvalue weighted by Gasteiger charge is 2.19. The largest absolute Gasteiger partial charge is 0.481 e. The number of hydrogen-bond acceptors (Lipinski definition) is 7. The maximum atomic E-state index is 12.4. The van der Waals surface area contributed by atoms with Crippen LogP contribution in [0.25, 0.3) is 0 Å². The van der Waals surface area contributed by atoms with E-state index in [1.807, 2.05) is 6.07 Å². The highest BCUT2D eigenvalue weighted by Crippen LogP contribution is 2.21. The average molecular weight is 410 g/mol. The highest BCUT2D eigenvalue weighted by molar-refractivity contribution is 5.96. The molecule has 0 radical (unpaired) electrons. The van der Waals surface area contributed by atoms with Crippen molar-refractivity contribution in [2.24, 2.45) is 0 Å². The number of nitrogens with zero attached hydrogens (tertiary/aromatic N) is 1. The molecule has 0 fully saturated rings. The normalized spacial score (nSPS) is 11.0. The number of carbonyl (C=O) groups excluding carboxylic acids is 3. The standard InChI is InChI=1S/C22H22N2O6/c1-4-28-21(26)16-10-17(22(27)29-5-2)12-19(11-16)30-14(3)20(25)24-18-8-6-15(13-23)7-9-18/h6-12,14H,4-5H2,1-3H3,(H,24,25)/t14-/m0/s1. The number of nitriles is 1. The molecular formula is C22H22N2O6. The Bertz CT molecular complexity index is 926. The predicted octanol–water partition coefficient (Wildman–Crippen LogP) is 3.32. The number of carbonyl (C=O) groups is 3. The molecule has 30 heavy (non-hydrogen) atoms. The van der Waals surface area contributed by atoms with Crippen LogP contribution in [-0.4, -0.2) is 37.2 Å². The van der Waals surface area contributed by atoms with Crippen LogP contribution in [0, 0.1) is 11.3 Å². The maximum absolute atomic E-state index is 12.4. The van der Waals surface area contributed by atoms with Crippen molar-refractivity contribution in [3.63, 3.8) is 0 Å². The van der Waals surface area contributed by atoms with E-state index in [2.05, 4.69) is 5.32 Å². The summed E-state index contributed by atoms with van der Waals surface area (Å²) in [6.07, 6.45) is -0.937. The maximum Gasteiger partial charge on any atom is 0.338 e. The zero-order valence-electron chi connectivity index (χ0n) is 16.9. The second-order valence-electron chi connectivity index (χ2n) is 6.13. The summed E-state index contributed by atoms with van der Waals surface area (Å²) in [4.78, 5) is 36.7. The number of nitrogens with one attached hydrogen (secondary N) is 1. The second kappa shape index (κ2) is 10.6. The molecule has 8 heteroatoms. The van der Waals surface area contributed by atoms with Crippen LogP contribution in [0.4, 0.5) is 5.69 Å². The number of hydrogen-bond donors (Lipinski definition) is 1. The molecule has 156 valence electrons. The van der Waals surface area contributed by atoms with E-state index in [1.54, 1.807) is 38.1 Å². The summed E-state index contributed by atoms with van der Waals surface area (Å²) in [6, 6.07) is 12.5. The van der Waals surface area contributed by atoms with Crippen LogP contribution in [0.1, 0.15) is 47.1 Å². The van der Waals surface area contributed by atoms with E-state index in [9.17, 15) is 14.4 Å². The summed E-state index contributed by atoms with van der Waals surface area (Å²) >= 11 is 0. The van der Waals surface area contributed by atoms with Crippen LogP contribution in [0.3, 0.4) is 0 Å². The van der Waals surface area contributed by atoms with Crippen molar-refractivity contribution >= 4 is 23.5 Å². The molecule has 1 atom stereocenters. The molecule has 2 aromatic rings. The van der Waals surface area contributed by atoms with Crippen LogP contribution >= 0.6 is 0 Å². The molecule has 0 heterocycles. The van der Waals surface area contributed by atoms with Gasteiger partial charge in [0.1, 0.15) is 5.75 Å². The van der Waals surface area contributed by atoms with Crippen LogP contribution < -0.4 is 10.1 Å². The Morgan fingerprint density at radius 2 is 1.50 bits per heavy atom. The van der Waals surface area contributed by atoms with Gasteiger partial charge in [0.15, 0.2) is 6.10 Å². The third kappa shape index (κ3) is 6.07. The molecule has 0 bridgehead atoms. The van der Waals surface area contributed by atoms with Crippen LogP contribution in [0.2, 0.25) is 0 Å². The van der Waals surface area contributed by atoms with Gasteiger partial charge < -0.3 is 19.5 Å². The smallest absolute Gasteiger partial charge is 0.338 e. The lowest BCUT2D eigenvalue weighted by Crippen LogP contribution is -2.30. The summed E-state index contributed by atoms with van der Waals surface area (Å²) in [5.74, 6) is -1.55. The fourth-order valence-electron chi connectivity index (χ4n) is 2.46. The Kier molecular flexibility index (Phi) is 7.94. The molecule has 8 nitrogen and oxygen atoms in total. The molecule has 0 aliphatic heterocycles. The molecule has 0 saturated carbocycles. The Morgan fingerprint density at radius 1 is 0.967 bits per heavy atom. The highest BCUT2D eigenvalue weighted by atomic mass is 16.5. The summed E-state index contributed by atoms with van der Waals surface area (Å²) in [6.45, 7) is 5.20. The Labute approximate surface area is 174 Å². The van der Waals surface area contributed by atoms with Gasteiger partial charge in [-0.25, -0.2) is 9.59 Å². The summed E-state index contributed by atoms with van der Waals surface area (Å²) < 4.78 is 15.6. The van der Waals surface area contributed by atoms with Crippen molar-refractivity contribution in [2.75, 3.05) is 18.5 Å². The molecule has 0 aliphatic carbocycles. The van der Waals surface area contributed by atoms with Gasteiger partial charge in [-0.15, -0.1) is 0 Å². The molecule has 0 saturated heterocycles. The number of rotatable bonds is 8. The summed E-state index contributed by atoms with van der Waals surface area (Å²) in [7, 11) is 0. The quantitative estimate of drug-likeness (QED) is 0.664. The first-order valence-corrected chi connectivity index (χ1v) is 9.35. The Hall–Kier alpha value is -3.86. The number of benzene rings is 2. The van der Waals surface area contributed by atoms with Crippen molar-refractivity contribution in [1.29, 1.82) is 5.26 Å². The molecule has 1 amide bonds. The number of esters is 2. The molecule has 2 aromatic carbocycles. The van der Waals surface area contributed by atoms with Gasteiger partial charge in [-0.3, -0.25) is 4.79 Å². The molecule has 0 aliphatic rings. The molecule has 1 N–H and O–H groups in total. The van der Waals surface area contributed by atoms with Crippen molar-refractivity contribution in [1.82, 2.24) is 0 Å². The fourth-order valence-corrected chi connectivity index (χ4v) is 2.46. The third-order valence-electron chi connectivity index (χ3n) is 3.89. The number of amides is 1. The molecule has 2 rings (SSSR count). The van der Waals surface area contributed by atoms with E-state index >= 15 is 0 Å². The van der Waals surface area contributed by atoms with Gasteiger partial charge in [0.05, 0.1) is 36.0 Å². The Balaban J connectivity index is 2.19. The average Bonchev–Trinajstić information content (AvgIpc) is 2.74. The van der Waals surface area contributed by atoms with Gasteiger partial charge >= 0.3 is 11.9 Å². The topological polar surface area (TPSA) is 115 Å². The number of anilines is 1. The zero-order chi connectivity index (χ0) is 22.1.